The molecule has 2 N–H and O–H groups in total. The summed E-state index contributed by atoms with van der Waals surface area (Å²) < 4.78 is 4.84. The third-order valence-corrected chi connectivity index (χ3v) is 2.76. The predicted molar refractivity (Wildman–Crippen MR) is 53.3 cm³/mol. The van der Waals surface area contributed by atoms with E-state index in [0.717, 1.165) is 12.8 Å². The van der Waals surface area contributed by atoms with Gasteiger partial charge in [0.05, 0.1) is 0 Å². The Bertz CT molecular complexity index is 178. The van der Waals surface area contributed by atoms with E-state index < -0.39 is 12.1 Å². The number of carbonyl (C=O) groups is 1. The van der Waals surface area contributed by atoms with Gasteiger partial charge in [0.1, 0.15) is 0 Å². The maximum absolute atomic E-state index is 10.6. The molecule has 0 amide bonds. The lowest BCUT2D eigenvalue weighted by atomic mass is 9.95. The van der Waals surface area contributed by atoms with Gasteiger partial charge in [-0.25, -0.2) is 4.79 Å². The van der Waals surface area contributed by atoms with Gasteiger partial charge in [0.15, 0.2) is 6.10 Å². The lowest BCUT2D eigenvalue weighted by Crippen LogP contribution is -2.40. The van der Waals surface area contributed by atoms with E-state index in [1.165, 1.54) is 26.4 Å². The number of ether oxygens (including phenoxy) is 1. The Hall–Kier alpha value is -0.610. The average Bonchev–Trinajstić information content (AvgIpc) is 2.20. The van der Waals surface area contributed by atoms with E-state index in [1.54, 1.807) is 0 Å². The summed E-state index contributed by atoms with van der Waals surface area (Å²) in [5.41, 5.74) is 0. The zero-order chi connectivity index (χ0) is 10.4. The van der Waals surface area contributed by atoms with Gasteiger partial charge in [-0.05, 0) is 12.8 Å². The van der Waals surface area contributed by atoms with Crippen molar-refractivity contribution < 1.29 is 14.6 Å². The topological polar surface area (TPSA) is 58.6 Å². The fourth-order valence-corrected chi connectivity index (χ4v) is 1.85. The Morgan fingerprint density at radius 2 is 2.14 bits per heavy atom. The molecule has 0 heterocycles. The number of carboxylic acid groups (broad SMARTS) is 1. The Morgan fingerprint density at radius 1 is 1.50 bits per heavy atom. The molecule has 1 atom stereocenters. The maximum Gasteiger partial charge on any atom is 0.334 e. The summed E-state index contributed by atoms with van der Waals surface area (Å²) in [5.74, 6) is -0.893. The minimum atomic E-state index is -0.893. The monoisotopic (exact) mass is 201 g/mol. The molecule has 0 aromatic carbocycles. The number of hydrogen-bond acceptors (Lipinski definition) is 3. The SMILES string of the molecule is COC(CNC1CCCCC1)C(=O)O. The van der Waals surface area contributed by atoms with E-state index in [-0.39, 0.29) is 0 Å². The van der Waals surface area contributed by atoms with Crippen LogP contribution in [0.5, 0.6) is 0 Å². The molecule has 0 saturated heterocycles. The highest BCUT2D eigenvalue weighted by Gasteiger charge is 2.19. The van der Waals surface area contributed by atoms with Gasteiger partial charge < -0.3 is 15.2 Å². The quantitative estimate of drug-likeness (QED) is 0.697. The van der Waals surface area contributed by atoms with Crippen LogP contribution in [0.4, 0.5) is 0 Å². The highest BCUT2D eigenvalue weighted by atomic mass is 16.5. The van der Waals surface area contributed by atoms with E-state index in [2.05, 4.69) is 5.32 Å². The molecule has 4 nitrogen and oxygen atoms in total. The number of hydrogen-bond donors (Lipinski definition) is 2. The van der Waals surface area contributed by atoms with E-state index in [9.17, 15) is 4.79 Å². The van der Waals surface area contributed by atoms with Crippen molar-refractivity contribution in [1.29, 1.82) is 0 Å². The number of rotatable bonds is 5. The molecule has 0 bridgehead atoms. The molecule has 0 aliphatic heterocycles. The van der Waals surface area contributed by atoms with Gasteiger partial charge in [-0.1, -0.05) is 19.3 Å². The predicted octanol–water partition coefficient (Wildman–Crippen LogP) is 1.01. The number of nitrogens with one attached hydrogen (secondary N) is 1. The maximum atomic E-state index is 10.6. The standard InChI is InChI=1S/C10H19NO3/c1-14-9(10(12)13)7-11-8-5-3-2-4-6-8/h8-9,11H,2-7H2,1H3,(H,12,13). The van der Waals surface area contributed by atoms with Crippen LogP contribution >= 0.6 is 0 Å². The van der Waals surface area contributed by atoms with Gasteiger partial charge in [0.25, 0.3) is 0 Å². The normalized spacial score (nSPS) is 20.6. The minimum absolute atomic E-state index is 0.413. The molecule has 0 radical (unpaired) electrons. The average molecular weight is 201 g/mol. The molecular weight excluding hydrogens is 182 g/mol. The fraction of sp³-hybridized carbons (Fsp3) is 0.900. The van der Waals surface area contributed by atoms with Gasteiger partial charge >= 0.3 is 5.97 Å². The van der Waals surface area contributed by atoms with Gasteiger partial charge in [-0.3, -0.25) is 0 Å². The van der Waals surface area contributed by atoms with Crippen LogP contribution in [0.3, 0.4) is 0 Å². The molecule has 1 unspecified atom stereocenters. The third kappa shape index (κ3) is 3.64. The van der Waals surface area contributed by atoms with Crippen LogP contribution in [-0.2, 0) is 9.53 Å². The Morgan fingerprint density at radius 3 is 2.64 bits per heavy atom. The van der Waals surface area contributed by atoms with Crippen LogP contribution in [0.15, 0.2) is 0 Å². The fourth-order valence-electron chi connectivity index (χ4n) is 1.85. The molecule has 4 heteroatoms. The smallest absolute Gasteiger partial charge is 0.334 e. The van der Waals surface area contributed by atoms with Crippen molar-refractivity contribution in [3.8, 4) is 0 Å². The molecule has 1 saturated carbocycles. The van der Waals surface area contributed by atoms with Crippen molar-refractivity contribution in [1.82, 2.24) is 5.32 Å². The van der Waals surface area contributed by atoms with Crippen LogP contribution in [-0.4, -0.2) is 36.9 Å². The van der Waals surface area contributed by atoms with Crippen LogP contribution < -0.4 is 5.32 Å². The summed E-state index contributed by atoms with van der Waals surface area (Å²) >= 11 is 0. The van der Waals surface area contributed by atoms with Crippen molar-refractivity contribution >= 4 is 5.97 Å². The first-order chi connectivity index (χ1) is 6.74. The third-order valence-electron chi connectivity index (χ3n) is 2.76. The highest BCUT2D eigenvalue weighted by Crippen LogP contribution is 2.17. The molecule has 0 spiro atoms. The molecule has 0 aromatic heterocycles. The van der Waals surface area contributed by atoms with Crippen LogP contribution in [0, 0.1) is 0 Å². The molecule has 14 heavy (non-hydrogen) atoms. The zero-order valence-electron chi connectivity index (χ0n) is 8.66. The summed E-state index contributed by atoms with van der Waals surface area (Å²) in [4.78, 5) is 10.6. The van der Waals surface area contributed by atoms with Crippen molar-refractivity contribution in [2.75, 3.05) is 13.7 Å². The first kappa shape index (κ1) is 11.5. The molecule has 1 aliphatic rings. The van der Waals surface area contributed by atoms with E-state index in [4.69, 9.17) is 9.84 Å². The van der Waals surface area contributed by atoms with E-state index in [1.807, 2.05) is 0 Å². The lowest BCUT2D eigenvalue weighted by molar-refractivity contribution is -0.148. The van der Waals surface area contributed by atoms with Crippen molar-refractivity contribution in [3.05, 3.63) is 0 Å². The lowest BCUT2D eigenvalue weighted by Gasteiger charge is -2.24. The second kappa shape index (κ2) is 5.98. The first-order valence-corrected chi connectivity index (χ1v) is 5.23. The molecule has 1 rings (SSSR count). The van der Waals surface area contributed by atoms with Crippen molar-refractivity contribution in [2.45, 2.75) is 44.2 Å². The molecule has 0 aromatic rings. The summed E-state index contributed by atoms with van der Waals surface area (Å²) in [6.07, 6.45) is 5.43. The van der Waals surface area contributed by atoms with Crippen LogP contribution in [0.1, 0.15) is 32.1 Å². The van der Waals surface area contributed by atoms with Gasteiger partial charge in [0, 0.05) is 19.7 Å². The zero-order valence-corrected chi connectivity index (χ0v) is 8.66. The summed E-state index contributed by atoms with van der Waals surface area (Å²) in [6, 6.07) is 0.487. The van der Waals surface area contributed by atoms with Gasteiger partial charge in [-0.2, -0.15) is 0 Å². The largest absolute Gasteiger partial charge is 0.479 e. The van der Waals surface area contributed by atoms with E-state index in [0.29, 0.717) is 12.6 Å². The second-order valence-electron chi connectivity index (χ2n) is 3.81. The molecule has 82 valence electrons. The second-order valence-corrected chi connectivity index (χ2v) is 3.81. The van der Waals surface area contributed by atoms with Gasteiger partial charge in [-0.15, -0.1) is 0 Å². The highest BCUT2D eigenvalue weighted by molar-refractivity contribution is 5.72. The van der Waals surface area contributed by atoms with Crippen molar-refractivity contribution in [2.24, 2.45) is 0 Å². The Kier molecular flexibility index (Phi) is 4.90. The summed E-state index contributed by atoms with van der Waals surface area (Å²) in [5, 5.41) is 12.0. The molecular formula is C10H19NO3. The number of methoxy groups -OCH3 is 1. The molecule has 1 aliphatic carbocycles. The summed E-state index contributed by atoms with van der Waals surface area (Å²) in [6.45, 7) is 0.413. The van der Waals surface area contributed by atoms with Crippen molar-refractivity contribution in [3.63, 3.8) is 0 Å². The molecule has 1 fully saturated rings. The first-order valence-electron chi connectivity index (χ1n) is 5.23. The Labute approximate surface area is 84.6 Å². The summed E-state index contributed by atoms with van der Waals surface area (Å²) in [7, 11) is 1.43. The number of carboxylic acids is 1. The Balaban J connectivity index is 2.20. The minimum Gasteiger partial charge on any atom is -0.479 e. The van der Waals surface area contributed by atoms with Crippen LogP contribution in [0.2, 0.25) is 0 Å². The van der Waals surface area contributed by atoms with Crippen LogP contribution in [0.25, 0.3) is 0 Å². The van der Waals surface area contributed by atoms with Gasteiger partial charge in [0.2, 0.25) is 0 Å². The van der Waals surface area contributed by atoms with E-state index >= 15 is 0 Å². The number of aliphatic carboxylic acids is 1.